The SMILES string of the molecule is CCC(C)C(=O)CSc1ncnc2ccccc12. The van der Waals surface area contributed by atoms with Gasteiger partial charge in [0, 0.05) is 11.3 Å². The van der Waals surface area contributed by atoms with Crippen molar-refractivity contribution in [1.29, 1.82) is 0 Å². The van der Waals surface area contributed by atoms with E-state index >= 15 is 0 Å². The van der Waals surface area contributed by atoms with Gasteiger partial charge in [-0.25, -0.2) is 9.97 Å². The molecule has 1 aromatic carbocycles. The number of benzene rings is 1. The molecule has 0 saturated heterocycles. The Labute approximate surface area is 111 Å². The van der Waals surface area contributed by atoms with Crippen molar-refractivity contribution >= 4 is 28.4 Å². The third-order valence-corrected chi connectivity index (χ3v) is 4.05. The summed E-state index contributed by atoms with van der Waals surface area (Å²) < 4.78 is 0. The molecule has 0 spiro atoms. The zero-order valence-corrected chi connectivity index (χ0v) is 11.4. The molecule has 0 N–H and O–H groups in total. The van der Waals surface area contributed by atoms with Crippen LogP contribution in [0.1, 0.15) is 20.3 Å². The van der Waals surface area contributed by atoms with Crippen molar-refractivity contribution in [3.05, 3.63) is 30.6 Å². The highest BCUT2D eigenvalue weighted by Crippen LogP contribution is 2.24. The molecular weight excluding hydrogens is 244 g/mol. The highest BCUT2D eigenvalue weighted by molar-refractivity contribution is 8.00. The van der Waals surface area contributed by atoms with Crippen LogP contribution < -0.4 is 0 Å². The van der Waals surface area contributed by atoms with Gasteiger partial charge in [0.15, 0.2) is 0 Å². The first-order valence-electron chi connectivity index (χ1n) is 6.07. The number of ketones is 1. The van der Waals surface area contributed by atoms with Crippen LogP contribution in [0.15, 0.2) is 35.6 Å². The van der Waals surface area contributed by atoms with E-state index < -0.39 is 0 Å². The first-order valence-corrected chi connectivity index (χ1v) is 7.06. The van der Waals surface area contributed by atoms with Crippen LogP contribution in [-0.4, -0.2) is 21.5 Å². The Morgan fingerprint density at radius 3 is 2.89 bits per heavy atom. The van der Waals surface area contributed by atoms with Gasteiger partial charge in [0.05, 0.1) is 11.3 Å². The van der Waals surface area contributed by atoms with Gasteiger partial charge >= 0.3 is 0 Å². The lowest BCUT2D eigenvalue weighted by Crippen LogP contribution is -2.12. The molecule has 1 unspecified atom stereocenters. The molecule has 1 aromatic heterocycles. The Balaban J connectivity index is 2.15. The molecule has 1 heterocycles. The maximum Gasteiger partial charge on any atom is 0.145 e. The average Bonchev–Trinajstić information content (AvgIpc) is 2.43. The lowest BCUT2D eigenvalue weighted by Gasteiger charge is -2.07. The van der Waals surface area contributed by atoms with Crippen molar-refractivity contribution in [2.45, 2.75) is 25.3 Å². The van der Waals surface area contributed by atoms with Crippen molar-refractivity contribution in [3.8, 4) is 0 Å². The summed E-state index contributed by atoms with van der Waals surface area (Å²) in [5.41, 5.74) is 0.922. The van der Waals surface area contributed by atoms with E-state index in [-0.39, 0.29) is 11.7 Å². The minimum absolute atomic E-state index is 0.130. The van der Waals surface area contributed by atoms with E-state index in [4.69, 9.17) is 0 Å². The van der Waals surface area contributed by atoms with E-state index in [1.54, 1.807) is 6.33 Å². The Bertz CT molecular complexity index is 551. The van der Waals surface area contributed by atoms with Gasteiger partial charge in [-0.15, -0.1) is 0 Å². The Hall–Kier alpha value is -1.42. The average molecular weight is 260 g/mol. The van der Waals surface area contributed by atoms with Crippen LogP contribution in [0.4, 0.5) is 0 Å². The minimum Gasteiger partial charge on any atom is -0.298 e. The number of Topliss-reactive ketones (excluding diaryl/α,β-unsaturated/α-hetero) is 1. The van der Waals surface area contributed by atoms with Crippen molar-refractivity contribution in [1.82, 2.24) is 9.97 Å². The number of nitrogens with zero attached hydrogens (tertiary/aromatic N) is 2. The van der Waals surface area contributed by atoms with Gasteiger partial charge < -0.3 is 0 Å². The lowest BCUT2D eigenvalue weighted by molar-refractivity contribution is -0.119. The molecule has 3 nitrogen and oxygen atoms in total. The maximum absolute atomic E-state index is 11.8. The van der Waals surface area contributed by atoms with E-state index in [0.717, 1.165) is 22.3 Å². The summed E-state index contributed by atoms with van der Waals surface area (Å²) in [6.45, 7) is 4.01. The van der Waals surface area contributed by atoms with Crippen LogP contribution in [0.25, 0.3) is 10.9 Å². The number of carbonyl (C=O) groups excluding carboxylic acids is 1. The number of carbonyl (C=O) groups is 1. The summed E-state index contributed by atoms with van der Waals surface area (Å²) >= 11 is 1.50. The standard InChI is InChI=1S/C14H16N2OS/c1-3-10(2)13(17)8-18-14-11-6-4-5-7-12(11)15-9-16-14/h4-7,9-10H,3,8H2,1-2H3. The third-order valence-electron chi connectivity index (χ3n) is 3.02. The largest absolute Gasteiger partial charge is 0.298 e. The van der Waals surface area contributed by atoms with E-state index in [1.165, 1.54) is 11.8 Å². The van der Waals surface area contributed by atoms with Crippen molar-refractivity contribution in [2.24, 2.45) is 5.92 Å². The number of rotatable bonds is 5. The Morgan fingerprint density at radius 2 is 2.11 bits per heavy atom. The molecule has 0 saturated carbocycles. The summed E-state index contributed by atoms with van der Waals surface area (Å²) in [6, 6.07) is 7.86. The molecule has 4 heteroatoms. The third kappa shape index (κ3) is 2.88. The molecule has 0 radical (unpaired) electrons. The number of thioether (sulfide) groups is 1. The summed E-state index contributed by atoms with van der Waals surface area (Å²) in [5.74, 6) is 0.895. The molecule has 18 heavy (non-hydrogen) atoms. The number of hydrogen-bond acceptors (Lipinski definition) is 4. The number of fused-ring (bicyclic) bond motifs is 1. The fraction of sp³-hybridized carbons (Fsp3) is 0.357. The van der Waals surface area contributed by atoms with Gasteiger partial charge in [-0.2, -0.15) is 0 Å². The van der Waals surface area contributed by atoms with Gasteiger partial charge in [0.25, 0.3) is 0 Å². The molecule has 2 rings (SSSR count). The molecule has 94 valence electrons. The lowest BCUT2D eigenvalue weighted by atomic mass is 10.1. The molecule has 0 aliphatic carbocycles. The van der Waals surface area contributed by atoms with Crippen LogP contribution in [0, 0.1) is 5.92 Å². The molecule has 0 fully saturated rings. The van der Waals surface area contributed by atoms with Gasteiger partial charge in [-0.3, -0.25) is 4.79 Å². The van der Waals surface area contributed by atoms with E-state index in [1.807, 2.05) is 38.1 Å². The van der Waals surface area contributed by atoms with Crippen LogP contribution in [0.5, 0.6) is 0 Å². The molecule has 0 aliphatic heterocycles. The maximum atomic E-state index is 11.8. The molecule has 0 bridgehead atoms. The monoisotopic (exact) mass is 260 g/mol. The fourth-order valence-electron chi connectivity index (χ4n) is 1.60. The number of aromatic nitrogens is 2. The molecular formula is C14H16N2OS. The number of hydrogen-bond donors (Lipinski definition) is 0. The molecule has 1 atom stereocenters. The topological polar surface area (TPSA) is 42.9 Å². The second-order valence-electron chi connectivity index (χ2n) is 4.26. The predicted molar refractivity (Wildman–Crippen MR) is 74.7 cm³/mol. The van der Waals surface area contributed by atoms with Gasteiger partial charge in [-0.1, -0.05) is 43.8 Å². The quantitative estimate of drug-likeness (QED) is 0.611. The van der Waals surface area contributed by atoms with E-state index in [2.05, 4.69) is 9.97 Å². The molecule has 0 amide bonds. The van der Waals surface area contributed by atoms with Gasteiger partial charge in [-0.05, 0) is 12.5 Å². The summed E-state index contributed by atoms with van der Waals surface area (Å²) in [7, 11) is 0. The molecule has 0 aliphatic rings. The normalized spacial score (nSPS) is 12.6. The van der Waals surface area contributed by atoms with Crippen molar-refractivity contribution < 1.29 is 4.79 Å². The highest BCUT2D eigenvalue weighted by Gasteiger charge is 2.12. The first-order chi connectivity index (χ1) is 8.72. The number of para-hydroxylation sites is 1. The van der Waals surface area contributed by atoms with Crippen LogP contribution >= 0.6 is 11.8 Å². The van der Waals surface area contributed by atoms with Crippen LogP contribution in [-0.2, 0) is 4.79 Å². The van der Waals surface area contributed by atoms with E-state index in [0.29, 0.717) is 5.75 Å². The predicted octanol–water partition coefficient (Wildman–Crippen LogP) is 3.34. The van der Waals surface area contributed by atoms with Gasteiger partial charge in [0.2, 0.25) is 0 Å². The zero-order chi connectivity index (χ0) is 13.0. The van der Waals surface area contributed by atoms with Gasteiger partial charge in [0.1, 0.15) is 17.1 Å². The Kier molecular flexibility index (Phi) is 4.31. The smallest absolute Gasteiger partial charge is 0.145 e. The second-order valence-corrected chi connectivity index (χ2v) is 5.22. The first kappa shape index (κ1) is 13.0. The van der Waals surface area contributed by atoms with E-state index in [9.17, 15) is 4.79 Å². The van der Waals surface area contributed by atoms with Crippen molar-refractivity contribution in [2.75, 3.05) is 5.75 Å². The van der Waals surface area contributed by atoms with Crippen LogP contribution in [0.3, 0.4) is 0 Å². The van der Waals surface area contributed by atoms with Crippen molar-refractivity contribution in [3.63, 3.8) is 0 Å². The summed E-state index contributed by atoms with van der Waals surface area (Å²) in [5, 5.41) is 1.90. The summed E-state index contributed by atoms with van der Waals surface area (Å²) in [6.07, 6.45) is 2.45. The second kappa shape index (κ2) is 5.96. The highest BCUT2D eigenvalue weighted by atomic mass is 32.2. The summed E-state index contributed by atoms with van der Waals surface area (Å²) in [4.78, 5) is 20.3. The fourth-order valence-corrected chi connectivity index (χ4v) is 2.62. The van der Waals surface area contributed by atoms with Crippen LogP contribution in [0.2, 0.25) is 0 Å². The zero-order valence-electron chi connectivity index (χ0n) is 10.6. The Morgan fingerprint density at radius 1 is 1.33 bits per heavy atom. The molecule has 2 aromatic rings. The minimum atomic E-state index is 0.130.